The van der Waals surface area contributed by atoms with Crippen LogP contribution in [0.3, 0.4) is 0 Å². The molecule has 6 heteroatoms. The van der Waals surface area contributed by atoms with Gasteiger partial charge in [0.2, 0.25) is 5.91 Å². The number of hydrogen-bond acceptors (Lipinski definition) is 5. The number of amides is 1. The Morgan fingerprint density at radius 3 is 2.81 bits per heavy atom. The fraction of sp³-hybridized carbons (Fsp3) is 0.381. The van der Waals surface area contributed by atoms with Gasteiger partial charge in [0.15, 0.2) is 0 Å². The summed E-state index contributed by atoms with van der Waals surface area (Å²) in [6, 6.07) is 6.00. The van der Waals surface area contributed by atoms with Crippen molar-refractivity contribution in [2.45, 2.75) is 40.0 Å². The normalized spacial score (nSPS) is 16.2. The minimum atomic E-state index is -0.0723. The maximum atomic E-state index is 12.5. The van der Waals surface area contributed by atoms with E-state index < -0.39 is 0 Å². The Morgan fingerprint density at radius 1 is 1.26 bits per heavy atom. The van der Waals surface area contributed by atoms with Crippen LogP contribution < -0.4 is 10.6 Å². The lowest BCUT2D eigenvalue weighted by Crippen LogP contribution is -2.23. The Kier molecular flexibility index (Phi) is 4.83. The first-order chi connectivity index (χ1) is 13.0. The number of aromatic nitrogens is 2. The van der Waals surface area contributed by atoms with Crippen LogP contribution in [0.15, 0.2) is 24.5 Å². The Balaban J connectivity index is 1.53. The number of hydrogen-bond donors (Lipinski definition) is 2. The number of anilines is 2. The van der Waals surface area contributed by atoms with Crippen molar-refractivity contribution in [3.8, 4) is 0 Å². The summed E-state index contributed by atoms with van der Waals surface area (Å²) in [5, 5.41) is 7.36. The summed E-state index contributed by atoms with van der Waals surface area (Å²) in [5.41, 5.74) is 4.38. The van der Waals surface area contributed by atoms with E-state index in [2.05, 4.69) is 27.5 Å². The quantitative estimate of drug-likeness (QED) is 0.700. The summed E-state index contributed by atoms with van der Waals surface area (Å²) >= 11 is 1.77. The van der Waals surface area contributed by atoms with Gasteiger partial charge in [-0.15, -0.1) is 11.3 Å². The molecule has 0 aliphatic heterocycles. The van der Waals surface area contributed by atoms with Crippen molar-refractivity contribution in [2.24, 2.45) is 5.92 Å². The van der Waals surface area contributed by atoms with Crippen LogP contribution in [0.2, 0.25) is 0 Å². The summed E-state index contributed by atoms with van der Waals surface area (Å²) in [4.78, 5) is 23.8. The highest BCUT2D eigenvalue weighted by molar-refractivity contribution is 7.19. The summed E-state index contributed by atoms with van der Waals surface area (Å²) in [6.07, 6.45) is 4.95. The number of nitrogens with zero attached hydrogens (tertiary/aromatic N) is 2. The zero-order valence-corrected chi connectivity index (χ0v) is 16.7. The molecule has 5 nitrogen and oxygen atoms in total. The molecule has 2 heterocycles. The molecule has 0 saturated carbocycles. The standard InChI is InChI=1S/C21H24N4OS/c1-12-7-8-15-16(9-12)27-21-18(15)20(23-11-24-21)22-10-17(26)25-19-13(2)5-4-6-14(19)3/h4-6,11-12H,7-10H2,1-3H3,(H,25,26)(H,22,23,24). The molecule has 2 aromatic heterocycles. The number of aryl methyl sites for hydroxylation is 3. The number of carbonyl (C=O) groups is 1. The number of carbonyl (C=O) groups excluding carboxylic acids is 1. The van der Waals surface area contributed by atoms with Crippen molar-refractivity contribution in [1.82, 2.24) is 9.97 Å². The van der Waals surface area contributed by atoms with Crippen molar-refractivity contribution >= 4 is 39.0 Å². The lowest BCUT2D eigenvalue weighted by atomic mass is 9.89. The van der Waals surface area contributed by atoms with Gasteiger partial charge in [-0.1, -0.05) is 25.1 Å². The second-order valence-corrected chi connectivity index (χ2v) is 8.51. The fourth-order valence-electron chi connectivity index (χ4n) is 3.77. The van der Waals surface area contributed by atoms with E-state index in [1.807, 2.05) is 32.0 Å². The van der Waals surface area contributed by atoms with E-state index in [1.165, 1.54) is 16.9 Å². The molecule has 1 atom stereocenters. The SMILES string of the molecule is Cc1cccc(C)c1NC(=O)CNc1ncnc2sc3c(c12)CCC(C)C3. The lowest BCUT2D eigenvalue weighted by molar-refractivity contribution is -0.114. The van der Waals surface area contributed by atoms with Gasteiger partial charge in [0.25, 0.3) is 0 Å². The minimum Gasteiger partial charge on any atom is -0.360 e. The average Bonchev–Trinajstić information content (AvgIpc) is 3.01. The highest BCUT2D eigenvalue weighted by Gasteiger charge is 2.23. The highest BCUT2D eigenvalue weighted by Crippen LogP contribution is 2.39. The van der Waals surface area contributed by atoms with Gasteiger partial charge < -0.3 is 10.6 Å². The van der Waals surface area contributed by atoms with Gasteiger partial charge in [0.1, 0.15) is 17.0 Å². The molecule has 0 spiro atoms. The third-order valence-electron chi connectivity index (χ3n) is 5.25. The highest BCUT2D eigenvalue weighted by atomic mass is 32.1. The first kappa shape index (κ1) is 17.9. The van der Waals surface area contributed by atoms with Crippen LogP contribution in [0, 0.1) is 19.8 Å². The summed E-state index contributed by atoms with van der Waals surface area (Å²) in [5.74, 6) is 1.42. The monoisotopic (exact) mass is 380 g/mol. The van der Waals surface area contributed by atoms with Crippen molar-refractivity contribution in [3.05, 3.63) is 46.1 Å². The zero-order chi connectivity index (χ0) is 19.0. The van der Waals surface area contributed by atoms with E-state index in [4.69, 9.17) is 0 Å². The maximum Gasteiger partial charge on any atom is 0.243 e. The van der Waals surface area contributed by atoms with Gasteiger partial charge in [0, 0.05) is 10.6 Å². The first-order valence-corrected chi connectivity index (χ1v) is 10.2. The van der Waals surface area contributed by atoms with Gasteiger partial charge in [-0.25, -0.2) is 9.97 Å². The minimum absolute atomic E-state index is 0.0723. The molecule has 1 aromatic carbocycles. The van der Waals surface area contributed by atoms with E-state index in [-0.39, 0.29) is 12.5 Å². The number of fused-ring (bicyclic) bond motifs is 3. The zero-order valence-electron chi connectivity index (χ0n) is 15.9. The molecule has 3 aromatic rings. The topological polar surface area (TPSA) is 66.9 Å². The van der Waals surface area contributed by atoms with Crippen LogP contribution in [0.25, 0.3) is 10.2 Å². The van der Waals surface area contributed by atoms with E-state index in [0.29, 0.717) is 0 Å². The van der Waals surface area contributed by atoms with Gasteiger partial charge in [0.05, 0.1) is 11.9 Å². The van der Waals surface area contributed by atoms with Crippen LogP contribution >= 0.6 is 11.3 Å². The van der Waals surface area contributed by atoms with Gasteiger partial charge >= 0.3 is 0 Å². The van der Waals surface area contributed by atoms with Crippen LogP contribution in [0.4, 0.5) is 11.5 Å². The van der Waals surface area contributed by atoms with E-state index in [0.717, 1.165) is 51.6 Å². The van der Waals surface area contributed by atoms with E-state index in [1.54, 1.807) is 17.7 Å². The smallest absolute Gasteiger partial charge is 0.243 e. The maximum absolute atomic E-state index is 12.5. The molecule has 2 N–H and O–H groups in total. The Morgan fingerprint density at radius 2 is 2.04 bits per heavy atom. The summed E-state index contributed by atoms with van der Waals surface area (Å²) < 4.78 is 0. The molecule has 0 radical (unpaired) electrons. The average molecular weight is 381 g/mol. The predicted molar refractivity (Wildman–Crippen MR) is 112 cm³/mol. The van der Waals surface area contributed by atoms with Crippen LogP contribution in [0.1, 0.15) is 34.9 Å². The van der Waals surface area contributed by atoms with Crippen LogP contribution in [-0.4, -0.2) is 22.4 Å². The molecule has 0 fully saturated rings. The third-order valence-corrected chi connectivity index (χ3v) is 6.42. The van der Waals surface area contributed by atoms with Crippen molar-refractivity contribution in [1.29, 1.82) is 0 Å². The number of benzene rings is 1. The van der Waals surface area contributed by atoms with Crippen molar-refractivity contribution < 1.29 is 4.79 Å². The van der Waals surface area contributed by atoms with Gasteiger partial charge in [-0.2, -0.15) is 0 Å². The molecule has 140 valence electrons. The molecule has 27 heavy (non-hydrogen) atoms. The lowest BCUT2D eigenvalue weighted by Gasteiger charge is -2.18. The molecule has 1 aliphatic rings. The number of thiophene rings is 1. The van der Waals surface area contributed by atoms with E-state index >= 15 is 0 Å². The second kappa shape index (κ2) is 7.27. The number of para-hydroxylation sites is 1. The van der Waals surface area contributed by atoms with Crippen LogP contribution in [-0.2, 0) is 17.6 Å². The Bertz CT molecular complexity index is 991. The van der Waals surface area contributed by atoms with Crippen molar-refractivity contribution in [2.75, 3.05) is 17.2 Å². The summed E-state index contributed by atoms with van der Waals surface area (Å²) in [7, 11) is 0. The molecule has 0 bridgehead atoms. The van der Waals surface area contributed by atoms with Gasteiger partial charge in [-0.05, 0) is 55.7 Å². The molecular formula is C21H24N4OS. The Labute approximate surface area is 163 Å². The largest absolute Gasteiger partial charge is 0.360 e. The van der Waals surface area contributed by atoms with Gasteiger partial charge in [-0.3, -0.25) is 4.79 Å². The second-order valence-electron chi connectivity index (χ2n) is 7.42. The molecule has 1 aliphatic carbocycles. The third kappa shape index (κ3) is 3.54. The van der Waals surface area contributed by atoms with Crippen LogP contribution in [0.5, 0.6) is 0 Å². The predicted octanol–water partition coefficient (Wildman–Crippen LogP) is 4.48. The number of rotatable bonds is 4. The van der Waals surface area contributed by atoms with Crippen molar-refractivity contribution in [3.63, 3.8) is 0 Å². The molecular weight excluding hydrogens is 356 g/mol. The Hall–Kier alpha value is -2.47. The summed E-state index contributed by atoms with van der Waals surface area (Å²) in [6.45, 7) is 6.49. The number of nitrogens with one attached hydrogen (secondary N) is 2. The molecule has 1 amide bonds. The molecule has 4 rings (SSSR count). The first-order valence-electron chi connectivity index (χ1n) is 9.38. The fourth-order valence-corrected chi connectivity index (χ4v) is 5.12. The molecule has 1 unspecified atom stereocenters. The van der Waals surface area contributed by atoms with E-state index in [9.17, 15) is 4.79 Å². The molecule has 0 saturated heterocycles.